The minimum atomic E-state index is -0.471. The van der Waals surface area contributed by atoms with Crippen molar-refractivity contribution in [1.29, 1.82) is 0 Å². The molecule has 0 amide bonds. The first-order valence-electron chi connectivity index (χ1n) is 10.8. The fraction of sp³-hybridized carbons (Fsp3) is 0.148. The molecule has 0 atom stereocenters. The van der Waals surface area contributed by atoms with Crippen LogP contribution in [0, 0.1) is 18.3 Å². The molecule has 2 aromatic heterocycles. The summed E-state index contributed by atoms with van der Waals surface area (Å²) in [5, 5.41) is 0.439. The fourth-order valence-electron chi connectivity index (χ4n) is 3.76. The van der Waals surface area contributed by atoms with Crippen LogP contribution in [0.1, 0.15) is 12.8 Å². The van der Waals surface area contributed by atoms with Gasteiger partial charge < -0.3 is 4.74 Å². The van der Waals surface area contributed by atoms with Gasteiger partial charge in [0.2, 0.25) is 0 Å². The van der Waals surface area contributed by atoms with E-state index in [0.29, 0.717) is 51.2 Å². The highest BCUT2D eigenvalue weighted by Gasteiger charge is 2.22. The van der Waals surface area contributed by atoms with Gasteiger partial charge in [-0.3, -0.25) is 14.3 Å². The van der Waals surface area contributed by atoms with E-state index < -0.39 is 5.82 Å². The zero-order chi connectivity index (χ0) is 23.7. The van der Waals surface area contributed by atoms with Crippen molar-refractivity contribution >= 4 is 17.3 Å². The molecule has 4 aromatic rings. The van der Waals surface area contributed by atoms with Crippen molar-refractivity contribution in [3.8, 4) is 33.7 Å². The highest BCUT2D eigenvalue weighted by atomic mass is 35.5. The molecular weight excluding hydrogens is 453 g/mol. The van der Waals surface area contributed by atoms with Crippen LogP contribution in [0.15, 0.2) is 78.0 Å². The molecule has 0 aliphatic heterocycles. The first-order valence-corrected chi connectivity index (χ1v) is 11.2. The first kappa shape index (κ1) is 21.9. The average Bonchev–Trinajstić information content (AvgIpc) is 3.68. The van der Waals surface area contributed by atoms with Gasteiger partial charge in [-0.05, 0) is 84.0 Å². The third kappa shape index (κ3) is 4.57. The SMILES string of the molecule is [C-]#[N+]c1ccc(F)cc1-c1cc(-c2cc(Cl)cc(OCC3CC3)c2)c(=O)n(-c2cccnc2)c1. The van der Waals surface area contributed by atoms with E-state index in [9.17, 15) is 9.18 Å². The van der Waals surface area contributed by atoms with E-state index in [0.717, 1.165) is 12.8 Å². The van der Waals surface area contributed by atoms with Crippen molar-refractivity contribution in [1.82, 2.24) is 9.55 Å². The highest BCUT2D eigenvalue weighted by molar-refractivity contribution is 6.31. The zero-order valence-electron chi connectivity index (χ0n) is 18.0. The maximum Gasteiger partial charge on any atom is 0.263 e. The van der Waals surface area contributed by atoms with Crippen LogP contribution in [-0.4, -0.2) is 16.2 Å². The second-order valence-corrected chi connectivity index (χ2v) is 8.67. The van der Waals surface area contributed by atoms with E-state index >= 15 is 0 Å². The van der Waals surface area contributed by atoms with Crippen LogP contribution in [0.2, 0.25) is 5.02 Å². The molecule has 0 unspecified atom stereocenters. The number of hydrogen-bond donors (Lipinski definition) is 0. The van der Waals surface area contributed by atoms with Gasteiger partial charge in [-0.25, -0.2) is 9.24 Å². The molecule has 0 radical (unpaired) electrons. The smallest absolute Gasteiger partial charge is 0.263 e. The maximum absolute atomic E-state index is 14.1. The van der Waals surface area contributed by atoms with Crippen LogP contribution in [-0.2, 0) is 0 Å². The van der Waals surface area contributed by atoms with E-state index in [1.54, 1.807) is 55.0 Å². The summed E-state index contributed by atoms with van der Waals surface area (Å²) >= 11 is 6.38. The highest BCUT2D eigenvalue weighted by Crippen LogP contribution is 2.35. The van der Waals surface area contributed by atoms with Crippen LogP contribution in [0.5, 0.6) is 5.75 Å². The molecule has 1 aliphatic carbocycles. The van der Waals surface area contributed by atoms with Gasteiger partial charge in [-0.1, -0.05) is 17.7 Å². The first-order chi connectivity index (χ1) is 16.5. The van der Waals surface area contributed by atoms with E-state index in [4.69, 9.17) is 22.9 Å². The summed E-state index contributed by atoms with van der Waals surface area (Å²) in [6.07, 6.45) is 7.09. The van der Waals surface area contributed by atoms with Gasteiger partial charge in [0.05, 0.1) is 25.1 Å². The Bertz CT molecular complexity index is 1470. The lowest BCUT2D eigenvalue weighted by atomic mass is 9.99. The molecule has 5 nitrogen and oxygen atoms in total. The molecule has 1 fully saturated rings. The molecule has 0 bridgehead atoms. The summed E-state index contributed by atoms with van der Waals surface area (Å²) in [7, 11) is 0. The van der Waals surface area contributed by atoms with E-state index in [2.05, 4.69) is 9.83 Å². The van der Waals surface area contributed by atoms with Gasteiger partial charge in [0.15, 0.2) is 5.69 Å². The van der Waals surface area contributed by atoms with Crippen molar-refractivity contribution in [3.63, 3.8) is 0 Å². The Kier molecular flexibility index (Phi) is 5.87. The standard InChI is InChI=1S/C27H19ClFN3O2/c1-30-26-7-6-21(29)13-24(26)19-11-25(27(33)32(15-19)22-3-2-8-31-14-22)18-9-20(28)12-23(10-18)34-16-17-4-5-17/h2-3,6-15,17H,4-5,16H2. The number of ether oxygens (including phenoxy) is 1. The molecule has 2 heterocycles. The third-order valence-electron chi connectivity index (χ3n) is 5.70. The monoisotopic (exact) mass is 471 g/mol. The van der Waals surface area contributed by atoms with Crippen molar-refractivity contribution in [2.24, 2.45) is 5.92 Å². The summed E-state index contributed by atoms with van der Waals surface area (Å²) in [4.78, 5) is 21.2. The van der Waals surface area contributed by atoms with Crippen molar-refractivity contribution in [2.45, 2.75) is 12.8 Å². The number of rotatable bonds is 6. The average molecular weight is 472 g/mol. The molecule has 1 saturated carbocycles. The number of hydrogen-bond acceptors (Lipinski definition) is 3. The summed E-state index contributed by atoms with van der Waals surface area (Å²) in [5.41, 5.74) is 2.36. The van der Waals surface area contributed by atoms with Crippen molar-refractivity contribution < 1.29 is 9.13 Å². The number of benzene rings is 2. The Balaban J connectivity index is 1.72. The number of nitrogens with zero attached hydrogens (tertiary/aromatic N) is 3. The molecule has 0 N–H and O–H groups in total. The minimum Gasteiger partial charge on any atom is -0.493 e. The Hall–Kier alpha value is -3.95. The lowest BCUT2D eigenvalue weighted by molar-refractivity contribution is 0.300. The number of pyridine rings is 2. The zero-order valence-corrected chi connectivity index (χ0v) is 18.8. The van der Waals surface area contributed by atoms with Gasteiger partial charge in [0, 0.05) is 23.0 Å². The van der Waals surface area contributed by atoms with Gasteiger partial charge in [0.1, 0.15) is 11.6 Å². The largest absolute Gasteiger partial charge is 0.493 e. The second kappa shape index (κ2) is 9.12. The quantitative estimate of drug-likeness (QED) is 0.294. The molecule has 34 heavy (non-hydrogen) atoms. The second-order valence-electron chi connectivity index (χ2n) is 8.23. The molecule has 1 aliphatic rings. The van der Waals surface area contributed by atoms with E-state index in [-0.39, 0.29) is 11.2 Å². The van der Waals surface area contributed by atoms with Crippen molar-refractivity contribution in [3.05, 3.63) is 106 Å². The third-order valence-corrected chi connectivity index (χ3v) is 5.91. The predicted molar refractivity (Wildman–Crippen MR) is 130 cm³/mol. The Morgan fingerprint density at radius 2 is 1.97 bits per heavy atom. The molecule has 5 rings (SSSR count). The Labute approximate surface area is 200 Å². The topological polar surface area (TPSA) is 48.5 Å². The molecule has 0 saturated heterocycles. The molecule has 2 aromatic carbocycles. The normalized spacial score (nSPS) is 12.9. The molecule has 7 heteroatoms. The van der Waals surface area contributed by atoms with Crippen LogP contribution in [0.25, 0.3) is 32.8 Å². The molecule has 0 spiro atoms. The maximum atomic E-state index is 14.1. The van der Waals surface area contributed by atoms with Gasteiger partial charge in [-0.2, -0.15) is 0 Å². The lowest BCUT2D eigenvalue weighted by Gasteiger charge is -2.14. The summed E-state index contributed by atoms with van der Waals surface area (Å²) in [6, 6.07) is 14.3. The minimum absolute atomic E-state index is 0.281. The Morgan fingerprint density at radius 1 is 1.12 bits per heavy atom. The molecule has 168 valence electrons. The molecular formula is C27H19ClFN3O2. The summed E-state index contributed by atoms with van der Waals surface area (Å²) in [6.45, 7) is 8.12. The number of aromatic nitrogens is 2. The van der Waals surface area contributed by atoms with Gasteiger partial charge in [0.25, 0.3) is 5.56 Å². The van der Waals surface area contributed by atoms with E-state index in [1.807, 2.05) is 0 Å². The van der Waals surface area contributed by atoms with Crippen LogP contribution in [0.3, 0.4) is 0 Å². The van der Waals surface area contributed by atoms with Crippen LogP contribution >= 0.6 is 11.6 Å². The Morgan fingerprint density at radius 3 is 2.71 bits per heavy atom. The number of halogens is 2. The van der Waals surface area contributed by atoms with Gasteiger partial charge in [-0.15, -0.1) is 0 Å². The fourth-order valence-corrected chi connectivity index (χ4v) is 3.99. The van der Waals surface area contributed by atoms with Gasteiger partial charge >= 0.3 is 0 Å². The van der Waals surface area contributed by atoms with Crippen molar-refractivity contribution in [2.75, 3.05) is 6.61 Å². The predicted octanol–water partition coefficient (Wildman–Crippen LogP) is 6.70. The lowest BCUT2D eigenvalue weighted by Crippen LogP contribution is -2.20. The summed E-state index contributed by atoms with van der Waals surface area (Å²) in [5.74, 6) is 0.676. The van der Waals surface area contributed by atoms with Crippen LogP contribution < -0.4 is 10.3 Å². The van der Waals surface area contributed by atoms with E-state index in [1.165, 1.54) is 22.8 Å². The summed E-state index contributed by atoms with van der Waals surface area (Å²) < 4.78 is 21.5. The van der Waals surface area contributed by atoms with Crippen LogP contribution in [0.4, 0.5) is 10.1 Å².